The third kappa shape index (κ3) is 9.73. The maximum absolute atomic E-state index is 14.1. The molecule has 41 heavy (non-hydrogen) atoms. The molecule has 3 rings (SSSR count). The fourth-order valence-electron chi connectivity index (χ4n) is 4.59. The van der Waals surface area contributed by atoms with Crippen LogP contribution in [0.5, 0.6) is 0 Å². The summed E-state index contributed by atoms with van der Waals surface area (Å²) in [6.07, 6.45) is 8.14. The Morgan fingerprint density at radius 3 is 2.61 bits per heavy atom. The average molecular weight is 597 g/mol. The van der Waals surface area contributed by atoms with Crippen LogP contribution < -0.4 is 10.8 Å². The van der Waals surface area contributed by atoms with E-state index in [-0.39, 0.29) is 18.5 Å². The number of unbranched alkanes of at least 4 members (excludes halogenated alkanes) is 3. The highest BCUT2D eigenvalue weighted by atomic mass is 31.2. The van der Waals surface area contributed by atoms with Crippen molar-refractivity contribution >= 4 is 36.4 Å². The van der Waals surface area contributed by atoms with Crippen LogP contribution in [-0.4, -0.2) is 68.3 Å². The van der Waals surface area contributed by atoms with E-state index in [1.165, 1.54) is 13.3 Å². The molecule has 14 heteroatoms. The number of carbonyl (C=O) groups is 2. The van der Waals surface area contributed by atoms with Crippen LogP contribution in [0, 0.1) is 0 Å². The SMILES string of the molecule is CCCCCCOC(=O)C(C)(C)N[P@@](=O)(CO[C@H](C)Cn1cnc2c(N)ncnc21)O[C@@H](C)C(=O)OC1CCCC1. The third-order valence-corrected chi connectivity index (χ3v) is 8.89. The first-order valence-corrected chi connectivity index (χ1v) is 16.2. The molecular weight excluding hydrogens is 551 g/mol. The minimum Gasteiger partial charge on any atom is -0.464 e. The smallest absolute Gasteiger partial charge is 0.335 e. The van der Waals surface area contributed by atoms with E-state index >= 15 is 0 Å². The number of fused-ring (bicyclic) bond motifs is 1. The first-order chi connectivity index (χ1) is 19.4. The van der Waals surface area contributed by atoms with E-state index in [0.717, 1.165) is 51.4 Å². The molecule has 2 aromatic heterocycles. The zero-order valence-corrected chi connectivity index (χ0v) is 25.7. The number of carbonyl (C=O) groups excluding carboxylic acids is 2. The first kappa shape index (κ1) is 32.9. The molecule has 0 aromatic carbocycles. The van der Waals surface area contributed by atoms with Gasteiger partial charge in [-0.1, -0.05) is 26.2 Å². The average Bonchev–Trinajstić information content (AvgIpc) is 3.58. The molecule has 0 amide bonds. The van der Waals surface area contributed by atoms with Gasteiger partial charge in [-0.25, -0.2) is 24.8 Å². The lowest BCUT2D eigenvalue weighted by Gasteiger charge is -2.31. The van der Waals surface area contributed by atoms with Gasteiger partial charge in [0.25, 0.3) is 7.52 Å². The van der Waals surface area contributed by atoms with E-state index in [1.54, 1.807) is 31.7 Å². The van der Waals surface area contributed by atoms with E-state index < -0.39 is 43.6 Å². The van der Waals surface area contributed by atoms with Crippen molar-refractivity contribution in [3.05, 3.63) is 12.7 Å². The Balaban J connectivity index is 1.67. The molecule has 1 saturated carbocycles. The van der Waals surface area contributed by atoms with Gasteiger partial charge in [0, 0.05) is 0 Å². The summed E-state index contributed by atoms with van der Waals surface area (Å²) < 4.78 is 38.6. The normalized spacial score (nSPS) is 17.3. The maximum Gasteiger partial charge on any atom is 0.335 e. The molecule has 2 aromatic rings. The number of esters is 2. The number of nitrogens with one attached hydrogen (secondary N) is 1. The van der Waals surface area contributed by atoms with Crippen LogP contribution in [0.15, 0.2) is 12.7 Å². The summed E-state index contributed by atoms with van der Waals surface area (Å²) in [5, 5.41) is 2.82. The molecule has 0 spiro atoms. The number of rotatable bonds is 17. The van der Waals surface area contributed by atoms with E-state index in [2.05, 4.69) is 27.0 Å². The molecular formula is C27H45N6O7P. The highest BCUT2D eigenvalue weighted by Crippen LogP contribution is 2.46. The van der Waals surface area contributed by atoms with Crippen LogP contribution >= 0.6 is 7.52 Å². The van der Waals surface area contributed by atoms with Crippen LogP contribution in [0.3, 0.4) is 0 Å². The molecule has 0 saturated heterocycles. The topological polar surface area (TPSA) is 170 Å². The van der Waals surface area contributed by atoms with Gasteiger partial charge in [0.1, 0.15) is 29.8 Å². The van der Waals surface area contributed by atoms with Gasteiger partial charge >= 0.3 is 11.9 Å². The Bertz CT molecular complexity index is 1200. The third-order valence-electron chi connectivity index (χ3n) is 6.85. The number of aromatic nitrogens is 4. The van der Waals surface area contributed by atoms with Crippen molar-refractivity contribution in [2.24, 2.45) is 0 Å². The van der Waals surface area contributed by atoms with E-state index in [0.29, 0.717) is 17.7 Å². The number of nitrogens with zero attached hydrogens (tertiary/aromatic N) is 4. The van der Waals surface area contributed by atoms with Gasteiger partial charge in [0.2, 0.25) is 0 Å². The Kier molecular flexibility index (Phi) is 12.1. The van der Waals surface area contributed by atoms with Gasteiger partial charge in [-0.05, 0) is 59.8 Å². The lowest BCUT2D eigenvalue weighted by Crippen LogP contribution is -2.47. The van der Waals surface area contributed by atoms with Crippen LogP contribution in [0.2, 0.25) is 0 Å². The van der Waals surface area contributed by atoms with Gasteiger partial charge in [-0.2, -0.15) is 0 Å². The van der Waals surface area contributed by atoms with E-state index in [1.807, 2.05) is 0 Å². The minimum absolute atomic E-state index is 0.167. The summed E-state index contributed by atoms with van der Waals surface area (Å²) in [6, 6.07) is 0. The van der Waals surface area contributed by atoms with Gasteiger partial charge in [0.15, 0.2) is 17.6 Å². The van der Waals surface area contributed by atoms with Crippen molar-refractivity contribution in [3.8, 4) is 0 Å². The van der Waals surface area contributed by atoms with E-state index in [9.17, 15) is 14.2 Å². The second-order valence-electron chi connectivity index (χ2n) is 11.1. The molecule has 3 atom stereocenters. The summed E-state index contributed by atoms with van der Waals surface area (Å²) in [5.74, 6) is -0.915. The summed E-state index contributed by atoms with van der Waals surface area (Å²) in [5.41, 5.74) is 5.51. The van der Waals surface area contributed by atoms with Gasteiger partial charge in [-0.3, -0.25) is 9.36 Å². The van der Waals surface area contributed by atoms with Crippen LogP contribution in [0.1, 0.15) is 86.0 Å². The Labute approximate surface area is 241 Å². The van der Waals surface area contributed by atoms with Gasteiger partial charge in [-0.15, -0.1) is 0 Å². The maximum atomic E-state index is 14.1. The van der Waals surface area contributed by atoms with Gasteiger partial charge in [0.05, 0.1) is 25.6 Å². The molecule has 0 bridgehead atoms. The van der Waals surface area contributed by atoms with Gasteiger partial charge < -0.3 is 29.0 Å². The number of imidazole rings is 1. The van der Waals surface area contributed by atoms with Crippen LogP contribution in [0.25, 0.3) is 11.2 Å². The predicted octanol–water partition coefficient (Wildman–Crippen LogP) is 4.35. The van der Waals surface area contributed by atoms with E-state index in [4.69, 9.17) is 24.5 Å². The Morgan fingerprint density at radius 1 is 1.17 bits per heavy atom. The van der Waals surface area contributed by atoms with Crippen molar-refractivity contribution in [3.63, 3.8) is 0 Å². The number of ether oxygens (including phenoxy) is 3. The number of nitrogens with two attached hydrogens (primary N) is 1. The Morgan fingerprint density at radius 2 is 1.90 bits per heavy atom. The summed E-state index contributed by atoms with van der Waals surface area (Å²) in [7, 11) is -3.94. The predicted molar refractivity (Wildman–Crippen MR) is 154 cm³/mol. The molecule has 1 aliphatic carbocycles. The van der Waals surface area contributed by atoms with Crippen molar-refractivity contribution in [2.45, 2.75) is 116 Å². The molecule has 1 fully saturated rings. The fourth-order valence-corrected chi connectivity index (χ4v) is 6.76. The molecule has 2 heterocycles. The highest BCUT2D eigenvalue weighted by Gasteiger charge is 2.41. The molecule has 0 aliphatic heterocycles. The number of anilines is 1. The van der Waals surface area contributed by atoms with Crippen molar-refractivity contribution in [1.82, 2.24) is 24.6 Å². The molecule has 3 N–H and O–H groups in total. The molecule has 230 valence electrons. The first-order valence-electron chi connectivity index (χ1n) is 14.4. The number of hydrogen-bond donors (Lipinski definition) is 2. The minimum atomic E-state index is -3.94. The van der Waals surface area contributed by atoms with Crippen LogP contribution in [0.4, 0.5) is 5.82 Å². The monoisotopic (exact) mass is 596 g/mol. The zero-order valence-electron chi connectivity index (χ0n) is 24.8. The van der Waals surface area contributed by atoms with Crippen molar-refractivity contribution < 1.29 is 32.9 Å². The molecule has 0 unspecified atom stereocenters. The highest BCUT2D eigenvalue weighted by molar-refractivity contribution is 7.56. The fraction of sp³-hybridized carbons (Fsp3) is 0.741. The lowest BCUT2D eigenvalue weighted by molar-refractivity contribution is -0.156. The zero-order chi connectivity index (χ0) is 30.0. The molecule has 13 nitrogen and oxygen atoms in total. The second-order valence-corrected chi connectivity index (χ2v) is 13.2. The largest absolute Gasteiger partial charge is 0.464 e. The second kappa shape index (κ2) is 15.0. The molecule has 0 radical (unpaired) electrons. The Hall–Kier alpha value is -2.60. The number of hydrogen-bond acceptors (Lipinski definition) is 11. The number of nitrogen functional groups attached to an aromatic ring is 1. The standard InChI is InChI=1S/C27H45N6O7P/c1-6-7-8-11-14-37-26(35)27(4,5)32-41(36,40-20(3)25(34)39-21-12-9-10-13-21)18-38-19(2)15-33-17-31-22-23(28)29-16-30-24(22)33/h16-17,19-21H,6-15,18H2,1-5H3,(H,32,36)(H2,28,29,30)/t19-,20+,41-/m1/s1. The summed E-state index contributed by atoms with van der Waals surface area (Å²) >= 11 is 0. The van der Waals surface area contributed by atoms with Crippen molar-refractivity contribution in [1.29, 1.82) is 0 Å². The quantitative estimate of drug-likeness (QED) is 0.151. The van der Waals surface area contributed by atoms with Crippen LogP contribution in [-0.2, 0) is 39.4 Å². The molecule has 1 aliphatic rings. The summed E-state index contributed by atoms with van der Waals surface area (Å²) in [6.45, 7) is 9.07. The van der Waals surface area contributed by atoms with Crippen molar-refractivity contribution in [2.75, 3.05) is 18.7 Å². The lowest BCUT2D eigenvalue weighted by atomic mass is 10.1. The summed E-state index contributed by atoms with van der Waals surface area (Å²) in [4.78, 5) is 38.1.